The lowest BCUT2D eigenvalue weighted by Crippen LogP contribution is -2.14. The van der Waals surface area contributed by atoms with Gasteiger partial charge in [0.25, 0.3) is 5.91 Å². The molecular formula is C17H13F2N5O. The van der Waals surface area contributed by atoms with Gasteiger partial charge < -0.3 is 5.32 Å². The molecule has 0 atom stereocenters. The summed E-state index contributed by atoms with van der Waals surface area (Å²) >= 11 is 0. The number of carbonyl (C=O) groups excluding carboxylic acids is 1. The fourth-order valence-corrected chi connectivity index (χ4v) is 2.56. The lowest BCUT2D eigenvalue weighted by Gasteiger charge is -2.08. The molecule has 0 aliphatic heterocycles. The maximum absolute atomic E-state index is 13.7. The first kappa shape index (κ1) is 15.4. The molecule has 1 heterocycles. The second kappa shape index (κ2) is 6.04. The monoisotopic (exact) mass is 341 g/mol. The van der Waals surface area contributed by atoms with E-state index in [1.807, 2.05) is 6.07 Å². The molecule has 0 unspecified atom stereocenters. The Hall–Kier alpha value is -3.16. The molecule has 1 fully saturated rings. The Labute approximate surface area is 141 Å². The van der Waals surface area contributed by atoms with Crippen molar-refractivity contribution in [3.63, 3.8) is 0 Å². The summed E-state index contributed by atoms with van der Waals surface area (Å²) in [6.45, 7) is 0. The molecule has 3 aromatic rings. The zero-order valence-electron chi connectivity index (χ0n) is 13.0. The molecule has 6 nitrogen and oxygen atoms in total. The van der Waals surface area contributed by atoms with E-state index in [1.54, 1.807) is 22.9 Å². The molecule has 0 saturated heterocycles. The summed E-state index contributed by atoms with van der Waals surface area (Å²) in [4.78, 5) is 12.2. The van der Waals surface area contributed by atoms with Crippen molar-refractivity contribution < 1.29 is 13.6 Å². The molecule has 1 N–H and O–H groups in total. The van der Waals surface area contributed by atoms with Gasteiger partial charge in [-0.1, -0.05) is 12.1 Å². The minimum Gasteiger partial charge on any atom is -0.322 e. The minimum absolute atomic E-state index is 0.227. The zero-order chi connectivity index (χ0) is 17.4. The van der Waals surface area contributed by atoms with E-state index in [0.717, 1.165) is 30.5 Å². The summed E-state index contributed by atoms with van der Waals surface area (Å²) in [5, 5.41) is 14.3. The predicted octanol–water partition coefficient (Wildman–Crippen LogP) is 3.21. The van der Waals surface area contributed by atoms with E-state index < -0.39 is 17.5 Å². The van der Waals surface area contributed by atoms with Crippen LogP contribution in [-0.2, 0) is 0 Å². The lowest BCUT2D eigenvalue weighted by atomic mass is 10.1. The number of anilines is 1. The Morgan fingerprint density at radius 1 is 1.16 bits per heavy atom. The number of hydrogen-bond acceptors (Lipinski definition) is 4. The van der Waals surface area contributed by atoms with Crippen molar-refractivity contribution in [2.24, 2.45) is 0 Å². The molecule has 1 saturated carbocycles. The normalized spacial score (nSPS) is 13.7. The van der Waals surface area contributed by atoms with Crippen LogP contribution in [0.1, 0.15) is 29.2 Å². The summed E-state index contributed by atoms with van der Waals surface area (Å²) < 4.78 is 28.5. The SMILES string of the molecule is O=C(Nc1cccc(-c2nnnn2C2CC2)c1)c1ccc(F)cc1F. The number of nitrogens with one attached hydrogen (secondary N) is 1. The van der Waals surface area contributed by atoms with Gasteiger partial charge in [-0.3, -0.25) is 4.79 Å². The number of aromatic nitrogens is 4. The van der Waals surface area contributed by atoms with Gasteiger partial charge >= 0.3 is 0 Å². The summed E-state index contributed by atoms with van der Waals surface area (Å²) in [5.41, 5.74) is 0.987. The number of amides is 1. The van der Waals surface area contributed by atoms with E-state index in [4.69, 9.17) is 0 Å². The van der Waals surface area contributed by atoms with Crippen LogP contribution in [-0.4, -0.2) is 26.1 Å². The number of rotatable bonds is 4. The van der Waals surface area contributed by atoms with Crippen molar-refractivity contribution in [3.8, 4) is 11.4 Å². The molecule has 0 bridgehead atoms. The highest BCUT2D eigenvalue weighted by molar-refractivity contribution is 6.04. The number of halogens is 2. The molecule has 1 aliphatic rings. The van der Waals surface area contributed by atoms with Crippen LogP contribution in [0.25, 0.3) is 11.4 Å². The summed E-state index contributed by atoms with van der Waals surface area (Å²) in [7, 11) is 0. The van der Waals surface area contributed by atoms with Crippen LogP contribution >= 0.6 is 0 Å². The highest BCUT2D eigenvalue weighted by atomic mass is 19.1. The van der Waals surface area contributed by atoms with Gasteiger partial charge in [-0.25, -0.2) is 13.5 Å². The molecule has 1 amide bonds. The Bertz CT molecular complexity index is 952. The molecule has 1 aliphatic carbocycles. The van der Waals surface area contributed by atoms with Crippen molar-refractivity contribution in [1.82, 2.24) is 20.2 Å². The second-order valence-electron chi connectivity index (χ2n) is 5.84. The van der Waals surface area contributed by atoms with Gasteiger partial charge in [-0.15, -0.1) is 5.10 Å². The Morgan fingerprint density at radius 2 is 2.00 bits per heavy atom. The molecule has 0 radical (unpaired) electrons. The maximum Gasteiger partial charge on any atom is 0.258 e. The number of benzene rings is 2. The van der Waals surface area contributed by atoms with Crippen LogP contribution in [0, 0.1) is 11.6 Å². The number of nitrogens with zero attached hydrogens (tertiary/aromatic N) is 4. The third kappa shape index (κ3) is 3.10. The van der Waals surface area contributed by atoms with Gasteiger partial charge in [0.05, 0.1) is 11.6 Å². The van der Waals surface area contributed by atoms with Crippen molar-refractivity contribution in [2.75, 3.05) is 5.32 Å². The van der Waals surface area contributed by atoms with Crippen molar-refractivity contribution in [3.05, 3.63) is 59.7 Å². The molecule has 8 heteroatoms. The topological polar surface area (TPSA) is 72.7 Å². The molecule has 25 heavy (non-hydrogen) atoms. The molecule has 126 valence electrons. The fraction of sp³-hybridized carbons (Fsp3) is 0.176. The first-order valence-corrected chi connectivity index (χ1v) is 7.76. The zero-order valence-corrected chi connectivity index (χ0v) is 13.0. The quantitative estimate of drug-likeness (QED) is 0.791. The Kier molecular flexibility index (Phi) is 3.72. The summed E-state index contributed by atoms with van der Waals surface area (Å²) in [6.07, 6.45) is 2.08. The van der Waals surface area contributed by atoms with Crippen molar-refractivity contribution in [1.29, 1.82) is 0 Å². The average molecular weight is 341 g/mol. The van der Waals surface area contributed by atoms with Gasteiger partial charge in [-0.05, 0) is 47.5 Å². The van der Waals surface area contributed by atoms with E-state index in [2.05, 4.69) is 20.8 Å². The van der Waals surface area contributed by atoms with E-state index in [0.29, 0.717) is 23.6 Å². The second-order valence-corrected chi connectivity index (χ2v) is 5.84. The number of hydrogen-bond donors (Lipinski definition) is 1. The average Bonchev–Trinajstić information content (AvgIpc) is 3.31. The van der Waals surface area contributed by atoms with Gasteiger partial charge in [0, 0.05) is 17.3 Å². The van der Waals surface area contributed by atoms with E-state index in [1.165, 1.54) is 0 Å². The molecule has 0 spiro atoms. The summed E-state index contributed by atoms with van der Waals surface area (Å²) in [5.74, 6) is -1.68. The molecule has 2 aromatic carbocycles. The van der Waals surface area contributed by atoms with Crippen molar-refractivity contribution >= 4 is 11.6 Å². The van der Waals surface area contributed by atoms with Crippen LogP contribution < -0.4 is 5.32 Å². The highest BCUT2D eigenvalue weighted by Crippen LogP contribution is 2.36. The predicted molar refractivity (Wildman–Crippen MR) is 85.8 cm³/mol. The van der Waals surface area contributed by atoms with Gasteiger partial charge in [0.1, 0.15) is 11.6 Å². The van der Waals surface area contributed by atoms with Crippen LogP contribution in [0.5, 0.6) is 0 Å². The van der Waals surface area contributed by atoms with Gasteiger partial charge in [-0.2, -0.15) is 0 Å². The van der Waals surface area contributed by atoms with Gasteiger partial charge in [0.15, 0.2) is 5.82 Å². The minimum atomic E-state index is -0.911. The van der Waals surface area contributed by atoms with Gasteiger partial charge in [0.2, 0.25) is 0 Å². The molecule has 4 rings (SSSR count). The number of carbonyl (C=O) groups is 1. The van der Waals surface area contributed by atoms with Crippen LogP contribution in [0.4, 0.5) is 14.5 Å². The first-order valence-electron chi connectivity index (χ1n) is 7.76. The van der Waals surface area contributed by atoms with Crippen LogP contribution in [0.3, 0.4) is 0 Å². The third-order valence-electron chi connectivity index (χ3n) is 3.94. The van der Waals surface area contributed by atoms with E-state index in [9.17, 15) is 13.6 Å². The summed E-state index contributed by atoms with van der Waals surface area (Å²) in [6, 6.07) is 10.1. The first-order chi connectivity index (χ1) is 12.1. The lowest BCUT2D eigenvalue weighted by molar-refractivity contribution is 0.102. The number of tetrazole rings is 1. The van der Waals surface area contributed by atoms with E-state index >= 15 is 0 Å². The molecular weight excluding hydrogens is 328 g/mol. The highest BCUT2D eigenvalue weighted by Gasteiger charge is 2.28. The van der Waals surface area contributed by atoms with Crippen molar-refractivity contribution in [2.45, 2.75) is 18.9 Å². The van der Waals surface area contributed by atoms with E-state index in [-0.39, 0.29) is 5.56 Å². The third-order valence-corrected chi connectivity index (χ3v) is 3.94. The standard InChI is InChI=1S/C17H13F2N5O/c18-11-4-7-14(15(19)9-11)17(25)20-12-3-1-2-10(8-12)16-21-22-23-24(16)13-5-6-13/h1-4,7-9,13H,5-6H2,(H,20,25). The van der Waals surface area contributed by atoms with Crippen LogP contribution in [0.2, 0.25) is 0 Å². The smallest absolute Gasteiger partial charge is 0.258 e. The van der Waals surface area contributed by atoms with Crippen LogP contribution in [0.15, 0.2) is 42.5 Å². The maximum atomic E-state index is 13.7. The Balaban J connectivity index is 1.59. The largest absolute Gasteiger partial charge is 0.322 e. The fourth-order valence-electron chi connectivity index (χ4n) is 2.56. The molecule has 1 aromatic heterocycles. The Morgan fingerprint density at radius 3 is 2.76 bits per heavy atom.